The molecule has 1 rings (SSSR count). The third-order valence-corrected chi connectivity index (χ3v) is 3.57. The molecule has 0 radical (unpaired) electrons. The molecule has 1 atom stereocenters. The summed E-state index contributed by atoms with van der Waals surface area (Å²) in [7, 11) is -1.40. The summed E-state index contributed by atoms with van der Waals surface area (Å²) in [5.74, 6) is -0.0549. The Morgan fingerprint density at radius 3 is 2.76 bits per heavy atom. The van der Waals surface area contributed by atoms with E-state index >= 15 is 0 Å². The first-order valence-corrected chi connectivity index (χ1v) is 7.67. The van der Waals surface area contributed by atoms with Crippen LogP contribution >= 0.6 is 0 Å². The summed E-state index contributed by atoms with van der Waals surface area (Å²) in [6.45, 7) is 2.20. The van der Waals surface area contributed by atoms with Crippen molar-refractivity contribution in [2.75, 3.05) is 45.4 Å². The predicted molar refractivity (Wildman–Crippen MR) is 64.6 cm³/mol. The van der Waals surface area contributed by atoms with E-state index in [2.05, 4.69) is 5.32 Å². The first-order chi connectivity index (χ1) is 7.88. The quantitative estimate of drug-likeness (QED) is 0.680. The Labute approximate surface area is 102 Å². The molecular weight excluding hydrogens is 244 g/mol. The normalized spacial score (nSPS) is 21.2. The summed E-state index contributed by atoms with van der Waals surface area (Å²) in [6.07, 6.45) is 1.52. The molecule has 100 valence electrons. The van der Waals surface area contributed by atoms with Gasteiger partial charge in [0.25, 0.3) is 0 Å². The zero-order valence-electron chi connectivity index (χ0n) is 10.3. The van der Waals surface area contributed by atoms with E-state index in [0.717, 1.165) is 6.54 Å². The van der Waals surface area contributed by atoms with Crippen LogP contribution in [0.15, 0.2) is 0 Å². The standard InChI is InChI=1S/C10H20N2O4S/c1-12(4-6-17(2,14)15)10(13)7-9-8-16-5-3-11-9/h9,11H,3-8H2,1-2H3. The summed E-state index contributed by atoms with van der Waals surface area (Å²) >= 11 is 0. The Kier molecular flexibility index (Phi) is 5.35. The monoisotopic (exact) mass is 264 g/mol. The highest BCUT2D eigenvalue weighted by Crippen LogP contribution is 2.01. The van der Waals surface area contributed by atoms with Crippen LogP contribution in [0, 0.1) is 0 Å². The van der Waals surface area contributed by atoms with Crippen molar-refractivity contribution in [3.63, 3.8) is 0 Å². The number of carbonyl (C=O) groups is 1. The van der Waals surface area contributed by atoms with Crippen LogP contribution in [0.5, 0.6) is 0 Å². The molecule has 1 aliphatic heterocycles. The highest BCUT2D eigenvalue weighted by molar-refractivity contribution is 7.90. The van der Waals surface area contributed by atoms with Gasteiger partial charge in [-0.25, -0.2) is 8.42 Å². The molecule has 1 fully saturated rings. The molecule has 1 N–H and O–H groups in total. The molecule has 1 saturated heterocycles. The molecule has 0 spiro atoms. The van der Waals surface area contributed by atoms with Crippen molar-refractivity contribution < 1.29 is 17.9 Å². The summed E-state index contributed by atoms with van der Waals surface area (Å²) in [5.41, 5.74) is 0. The maximum Gasteiger partial charge on any atom is 0.223 e. The first-order valence-electron chi connectivity index (χ1n) is 5.61. The van der Waals surface area contributed by atoms with Crippen LogP contribution in [-0.4, -0.2) is 70.6 Å². The Hall–Kier alpha value is -0.660. The van der Waals surface area contributed by atoms with Gasteiger partial charge >= 0.3 is 0 Å². The van der Waals surface area contributed by atoms with E-state index in [-0.39, 0.29) is 24.2 Å². The molecular formula is C10H20N2O4S. The lowest BCUT2D eigenvalue weighted by Gasteiger charge is -2.25. The number of amides is 1. The van der Waals surface area contributed by atoms with Crippen molar-refractivity contribution in [2.45, 2.75) is 12.5 Å². The van der Waals surface area contributed by atoms with Gasteiger partial charge in [0, 0.05) is 38.9 Å². The number of sulfone groups is 1. The molecule has 0 aliphatic carbocycles. The summed E-state index contributed by atoms with van der Waals surface area (Å²) in [5, 5.41) is 3.19. The molecule has 7 heteroatoms. The SMILES string of the molecule is CN(CCS(C)(=O)=O)C(=O)CC1COCCN1. The third-order valence-electron chi connectivity index (χ3n) is 2.64. The largest absolute Gasteiger partial charge is 0.378 e. The average Bonchev–Trinajstić information content (AvgIpc) is 2.26. The van der Waals surface area contributed by atoms with Crippen molar-refractivity contribution in [3.05, 3.63) is 0 Å². The molecule has 0 saturated carbocycles. The highest BCUT2D eigenvalue weighted by Gasteiger charge is 2.19. The second-order valence-electron chi connectivity index (χ2n) is 4.38. The van der Waals surface area contributed by atoms with Crippen LogP contribution in [0.1, 0.15) is 6.42 Å². The number of rotatable bonds is 5. The topological polar surface area (TPSA) is 75.7 Å². The van der Waals surface area contributed by atoms with Gasteiger partial charge in [-0.05, 0) is 0 Å². The fourth-order valence-corrected chi connectivity index (χ4v) is 2.15. The number of nitrogens with zero attached hydrogens (tertiary/aromatic N) is 1. The Morgan fingerprint density at radius 2 is 2.24 bits per heavy atom. The van der Waals surface area contributed by atoms with E-state index in [1.54, 1.807) is 7.05 Å². The van der Waals surface area contributed by atoms with Gasteiger partial charge < -0.3 is 15.0 Å². The fourth-order valence-electron chi connectivity index (χ4n) is 1.54. The van der Waals surface area contributed by atoms with Gasteiger partial charge in [-0.1, -0.05) is 0 Å². The molecule has 1 aliphatic rings. The van der Waals surface area contributed by atoms with E-state index in [4.69, 9.17) is 4.74 Å². The molecule has 1 unspecified atom stereocenters. The molecule has 1 amide bonds. The fraction of sp³-hybridized carbons (Fsp3) is 0.900. The predicted octanol–water partition coefficient (Wildman–Crippen LogP) is -1.13. The van der Waals surface area contributed by atoms with Gasteiger partial charge in [0.1, 0.15) is 9.84 Å². The maximum absolute atomic E-state index is 11.8. The van der Waals surface area contributed by atoms with Gasteiger partial charge in [0.15, 0.2) is 0 Å². The number of hydrogen-bond acceptors (Lipinski definition) is 5. The second kappa shape index (κ2) is 6.32. The van der Waals surface area contributed by atoms with E-state index in [1.807, 2.05) is 0 Å². The molecule has 0 aromatic rings. The molecule has 17 heavy (non-hydrogen) atoms. The minimum atomic E-state index is -3.02. The lowest BCUT2D eigenvalue weighted by atomic mass is 10.2. The number of hydrogen-bond donors (Lipinski definition) is 1. The Morgan fingerprint density at radius 1 is 1.53 bits per heavy atom. The van der Waals surface area contributed by atoms with Crippen molar-refractivity contribution in [1.29, 1.82) is 0 Å². The number of morpholine rings is 1. The smallest absolute Gasteiger partial charge is 0.223 e. The molecule has 6 nitrogen and oxygen atoms in total. The molecule has 0 aromatic heterocycles. The third kappa shape index (κ3) is 5.99. The molecule has 1 heterocycles. The zero-order chi connectivity index (χ0) is 12.9. The first kappa shape index (κ1) is 14.4. The van der Waals surface area contributed by atoms with E-state index in [0.29, 0.717) is 19.6 Å². The number of nitrogens with one attached hydrogen (secondary N) is 1. The minimum absolute atomic E-state index is 0.00380. The lowest BCUT2D eigenvalue weighted by molar-refractivity contribution is -0.130. The second-order valence-corrected chi connectivity index (χ2v) is 6.64. The Bertz CT molecular complexity index is 349. The van der Waals surface area contributed by atoms with Crippen LogP contribution in [0.25, 0.3) is 0 Å². The van der Waals surface area contributed by atoms with Crippen LogP contribution < -0.4 is 5.32 Å². The van der Waals surface area contributed by atoms with Gasteiger partial charge in [0.05, 0.1) is 19.0 Å². The maximum atomic E-state index is 11.8. The van der Waals surface area contributed by atoms with Crippen molar-refractivity contribution in [2.24, 2.45) is 0 Å². The summed E-state index contributed by atoms with van der Waals surface area (Å²) < 4.78 is 27.2. The van der Waals surface area contributed by atoms with E-state index in [9.17, 15) is 13.2 Å². The lowest BCUT2D eigenvalue weighted by Crippen LogP contribution is -2.45. The Balaban J connectivity index is 2.30. The summed E-state index contributed by atoms with van der Waals surface area (Å²) in [6, 6.07) is 0.0388. The molecule has 0 aromatic carbocycles. The van der Waals surface area contributed by atoms with Crippen LogP contribution in [0.2, 0.25) is 0 Å². The van der Waals surface area contributed by atoms with Crippen LogP contribution in [0.3, 0.4) is 0 Å². The van der Waals surface area contributed by atoms with Gasteiger partial charge in [-0.3, -0.25) is 4.79 Å². The van der Waals surface area contributed by atoms with E-state index in [1.165, 1.54) is 11.2 Å². The minimum Gasteiger partial charge on any atom is -0.378 e. The van der Waals surface area contributed by atoms with Gasteiger partial charge in [-0.2, -0.15) is 0 Å². The van der Waals surface area contributed by atoms with Crippen molar-refractivity contribution >= 4 is 15.7 Å². The van der Waals surface area contributed by atoms with Crippen molar-refractivity contribution in [3.8, 4) is 0 Å². The summed E-state index contributed by atoms with van der Waals surface area (Å²) in [4.78, 5) is 13.2. The average molecular weight is 264 g/mol. The highest BCUT2D eigenvalue weighted by atomic mass is 32.2. The van der Waals surface area contributed by atoms with Crippen LogP contribution in [-0.2, 0) is 19.4 Å². The number of ether oxygens (including phenoxy) is 1. The van der Waals surface area contributed by atoms with Crippen LogP contribution in [0.4, 0.5) is 0 Å². The van der Waals surface area contributed by atoms with E-state index < -0.39 is 9.84 Å². The number of carbonyl (C=O) groups excluding carboxylic acids is 1. The van der Waals surface area contributed by atoms with Crippen molar-refractivity contribution in [1.82, 2.24) is 10.2 Å². The van der Waals surface area contributed by atoms with Gasteiger partial charge in [0.2, 0.25) is 5.91 Å². The zero-order valence-corrected chi connectivity index (χ0v) is 11.1. The molecule has 0 bridgehead atoms. The van der Waals surface area contributed by atoms with Gasteiger partial charge in [-0.15, -0.1) is 0 Å².